The Labute approximate surface area is 156 Å². The summed E-state index contributed by atoms with van der Waals surface area (Å²) in [4.78, 5) is 8.59. The van der Waals surface area contributed by atoms with E-state index in [-0.39, 0.29) is 29.8 Å². The van der Waals surface area contributed by atoms with Crippen LogP contribution < -0.4 is 5.73 Å². The van der Waals surface area contributed by atoms with E-state index in [2.05, 4.69) is 16.8 Å². The van der Waals surface area contributed by atoms with Gasteiger partial charge in [-0.1, -0.05) is 13.0 Å². The second-order valence-corrected chi connectivity index (χ2v) is 6.53. The molecule has 1 aliphatic rings. The van der Waals surface area contributed by atoms with E-state index >= 15 is 0 Å². The standard InChI is InChI=1S/C17H27FN4.HI/c1-13-5-4-8-22(11-13)17(19)20-10-14-6-7-16(18)15(9-14)12-21(2)3;/h6-7,9,13H,4-5,8,10-12H2,1-3H3,(H2,19,20);1H. The van der Waals surface area contributed by atoms with E-state index in [1.165, 1.54) is 18.9 Å². The summed E-state index contributed by atoms with van der Waals surface area (Å²) in [6.45, 7) is 5.28. The molecule has 0 aromatic heterocycles. The average molecular weight is 434 g/mol. The molecule has 0 bridgehead atoms. The zero-order valence-corrected chi connectivity index (χ0v) is 16.6. The van der Waals surface area contributed by atoms with Crippen LogP contribution in [0.4, 0.5) is 4.39 Å². The predicted octanol–water partition coefficient (Wildman–Crippen LogP) is 3.05. The maximum absolute atomic E-state index is 13.8. The topological polar surface area (TPSA) is 44.9 Å². The van der Waals surface area contributed by atoms with Gasteiger partial charge in [-0.3, -0.25) is 0 Å². The third-order valence-electron chi connectivity index (χ3n) is 4.00. The lowest BCUT2D eigenvalue weighted by Gasteiger charge is -2.31. The minimum atomic E-state index is -0.167. The lowest BCUT2D eigenvalue weighted by atomic mass is 10.0. The third-order valence-corrected chi connectivity index (χ3v) is 4.00. The highest BCUT2D eigenvalue weighted by Gasteiger charge is 2.17. The number of halogens is 2. The van der Waals surface area contributed by atoms with E-state index in [1.807, 2.05) is 25.1 Å². The number of hydrogen-bond acceptors (Lipinski definition) is 2. The number of likely N-dealkylation sites (tertiary alicyclic amines) is 1. The van der Waals surface area contributed by atoms with Crippen LogP contribution in [0.2, 0.25) is 0 Å². The van der Waals surface area contributed by atoms with Gasteiger partial charge < -0.3 is 15.5 Å². The first-order valence-electron chi connectivity index (χ1n) is 7.92. The number of benzene rings is 1. The Hall–Kier alpha value is -0.890. The lowest BCUT2D eigenvalue weighted by Crippen LogP contribution is -2.43. The SMILES string of the molecule is CC1CCCN(C(N)=NCc2ccc(F)c(CN(C)C)c2)C1.I. The molecule has 2 rings (SSSR count). The minimum absolute atomic E-state index is 0. The summed E-state index contributed by atoms with van der Waals surface area (Å²) in [6.07, 6.45) is 2.43. The highest BCUT2D eigenvalue weighted by Crippen LogP contribution is 2.16. The summed E-state index contributed by atoms with van der Waals surface area (Å²) in [7, 11) is 3.86. The number of nitrogens with zero attached hydrogens (tertiary/aromatic N) is 3. The quantitative estimate of drug-likeness (QED) is 0.450. The molecule has 1 saturated heterocycles. The number of rotatable bonds is 4. The maximum Gasteiger partial charge on any atom is 0.191 e. The van der Waals surface area contributed by atoms with Crippen molar-refractivity contribution in [2.24, 2.45) is 16.6 Å². The van der Waals surface area contributed by atoms with Crippen LogP contribution in [0.5, 0.6) is 0 Å². The first-order chi connectivity index (χ1) is 10.5. The van der Waals surface area contributed by atoms with Crippen molar-refractivity contribution in [1.82, 2.24) is 9.80 Å². The van der Waals surface area contributed by atoms with E-state index in [4.69, 9.17) is 5.73 Å². The van der Waals surface area contributed by atoms with Crippen LogP contribution in [0.3, 0.4) is 0 Å². The van der Waals surface area contributed by atoms with Crippen molar-refractivity contribution in [3.05, 3.63) is 35.1 Å². The Bertz CT molecular complexity index is 533. The summed E-state index contributed by atoms with van der Waals surface area (Å²) >= 11 is 0. The summed E-state index contributed by atoms with van der Waals surface area (Å²) < 4.78 is 13.8. The minimum Gasteiger partial charge on any atom is -0.370 e. The lowest BCUT2D eigenvalue weighted by molar-refractivity contribution is 0.270. The molecule has 1 unspecified atom stereocenters. The zero-order valence-electron chi connectivity index (χ0n) is 14.3. The molecule has 1 aromatic rings. The summed E-state index contributed by atoms with van der Waals surface area (Å²) in [6, 6.07) is 5.18. The van der Waals surface area contributed by atoms with Crippen LogP contribution in [-0.2, 0) is 13.1 Å². The molecule has 6 heteroatoms. The van der Waals surface area contributed by atoms with Crippen molar-refractivity contribution in [3.8, 4) is 0 Å². The normalized spacial score (nSPS) is 18.9. The number of nitrogens with two attached hydrogens (primary N) is 1. The fourth-order valence-corrected chi connectivity index (χ4v) is 2.86. The van der Waals surface area contributed by atoms with Crippen molar-refractivity contribution >= 4 is 29.9 Å². The van der Waals surface area contributed by atoms with Gasteiger partial charge >= 0.3 is 0 Å². The Balaban J connectivity index is 0.00000264. The largest absolute Gasteiger partial charge is 0.370 e. The van der Waals surface area contributed by atoms with Crippen LogP contribution in [0.1, 0.15) is 30.9 Å². The molecule has 1 aliphatic heterocycles. The van der Waals surface area contributed by atoms with E-state index < -0.39 is 0 Å². The monoisotopic (exact) mass is 434 g/mol. The fourth-order valence-electron chi connectivity index (χ4n) is 2.86. The van der Waals surface area contributed by atoms with Crippen molar-refractivity contribution < 1.29 is 4.39 Å². The van der Waals surface area contributed by atoms with Crippen molar-refractivity contribution in [2.75, 3.05) is 27.2 Å². The Kier molecular flexibility index (Phi) is 8.25. The van der Waals surface area contributed by atoms with Gasteiger partial charge in [0.25, 0.3) is 0 Å². The molecule has 23 heavy (non-hydrogen) atoms. The summed E-state index contributed by atoms with van der Waals surface area (Å²) in [5.41, 5.74) is 7.79. The van der Waals surface area contributed by atoms with Crippen LogP contribution in [0, 0.1) is 11.7 Å². The zero-order chi connectivity index (χ0) is 16.1. The van der Waals surface area contributed by atoms with Crippen molar-refractivity contribution in [1.29, 1.82) is 0 Å². The van der Waals surface area contributed by atoms with Crippen LogP contribution in [-0.4, -0.2) is 42.9 Å². The molecule has 0 aliphatic carbocycles. The molecule has 4 nitrogen and oxygen atoms in total. The molecule has 0 spiro atoms. The Morgan fingerprint density at radius 3 is 2.83 bits per heavy atom. The average Bonchev–Trinajstić information content (AvgIpc) is 2.47. The van der Waals surface area contributed by atoms with Crippen molar-refractivity contribution in [2.45, 2.75) is 32.9 Å². The number of hydrogen-bond donors (Lipinski definition) is 1. The van der Waals surface area contributed by atoms with Gasteiger partial charge in [-0.15, -0.1) is 24.0 Å². The van der Waals surface area contributed by atoms with E-state index in [9.17, 15) is 4.39 Å². The van der Waals surface area contributed by atoms with E-state index in [0.29, 0.717) is 30.5 Å². The Morgan fingerprint density at radius 1 is 1.43 bits per heavy atom. The van der Waals surface area contributed by atoms with Gasteiger partial charge in [-0.2, -0.15) is 0 Å². The van der Waals surface area contributed by atoms with Gasteiger partial charge in [0.15, 0.2) is 5.96 Å². The van der Waals surface area contributed by atoms with Gasteiger partial charge in [0.2, 0.25) is 0 Å². The predicted molar refractivity (Wildman–Crippen MR) is 105 cm³/mol. The molecule has 2 N–H and O–H groups in total. The number of aliphatic imine (C=N–C) groups is 1. The number of piperidine rings is 1. The van der Waals surface area contributed by atoms with Gasteiger partial charge in [0.05, 0.1) is 6.54 Å². The molecule has 1 fully saturated rings. The second kappa shape index (κ2) is 9.42. The van der Waals surface area contributed by atoms with Crippen molar-refractivity contribution in [3.63, 3.8) is 0 Å². The van der Waals surface area contributed by atoms with Crippen LogP contribution in [0.15, 0.2) is 23.2 Å². The molecule has 0 amide bonds. The smallest absolute Gasteiger partial charge is 0.191 e. The molecular weight excluding hydrogens is 406 g/mol. The molecule has 1 atom stereocenters. The van der Waals surface area contributed by atoms with Gasteiger partial charge in [-0.25, -0.2) is 9.38 Å². The molecule has 1 heterocycles. The Morgan fingerprint density at radius 2 is 2.17 bits per heavy atom. The molecule has 0 saturated carbocycles. The summed E-state index contributed by atoms with van der Waals surface area (Å²) in [5.74, 6) is 1.10. The molecule has 1 aromatic carbocycles. The molecular formula is C17H28FIN4. The van der Waals surface area contributed by atoms with E-state index in [1.54, 1.807) is 6.07 Å². The second-order valence-electron chi connectivity index (χ2n) is 6.53. The number of guanidine groups is 1. The van der Waals surface area contributed by atoms with Gasteiger partial charge in [-0.05, 0) is 50.6 Å². The molecule has 0 radical (unpaired) electrons. The van der Waals surface area contributed by atoms with Crippen LogP contribution >= 0.6 is 24.0 Å². The highest BCUT2D eigenvalue weighted by atomic mass is 127. The third kappa shape index (κ3) is 6.25. The molecule has 130 valence electrons. The van der Waals surface area contributed by atoms with Crippen LogP contribution in [0.25, 0.3) is 0 Å². The van der Waals surface area contributed by atoms with Gasteiger partial charge in [0, 0.05) is 25.2 Å². The fraction of sp³-hybridized carbons (Fsp3) is 0.588. The first-order valence-corrected chi connectivity index (χ1v) is 7.92. The first kappa shape index (κ1) is 20.2. The van der Waals surface area contributed by atoms with Gasteiger partial charge in [0.1, 0.15) is 5.82 Å². The summed E-state index contributed by atoms with van der Waals surface area (Å²) in [5, 5.41) is 0. The highest BCUT2D eigenvalue weighted by molar-refractivity contribution is 14.0. The van der Waals surface area contributed by atoms with E-state index in [0.717, 1.165) is 18.7 Å². The maximum atomic E-state index is 13.8.